The van der Waals surface area contributed by atoms with Crippen LogP contribution in [0.4, 0.5) is 0 Å². The Morgan fingerprint density at radius 3 is 2.69 bits per heavy atom. The number of thiophene rings is 1. The van der Waals surface area contributed by atoms with E-state index in [1.54, 1.807) is 7.11 Å². The highest BCUT2D eigenvalue weighted by Crippen LogP contribution is 2.33. The van der Waals surface area contributed by atoms with Crippen molar-refractivity contribution in [3.8, 4) is 5.75 Å². The first-order valence-corrected chi connectivity index (χ1v) is 10.2. The number of carbonyl (C=O) groups is 1. The second-order valence-electron chi connectivity index (χ2n) is 7.39. The van der Waals surface area contributed by atoms with Gasteiger partial charge in [-0.25, -0.2) is 0 Å². The predicted octanol–water partition coefficient (Wildman–Crippen LogP) is 3.80. The van der Waals surface area contributed by atoms with E-state index in [1.807, 2.05) is 35.6 Å². The molecule has 138 valence electrons. The fourth-order valence-electron chi connectivity index (χ4n) is 4.32. The summed E-state index contributed by atoms with van der Waals surface area (Å²) in [5, 5.41) is 0. The van der Waals surface area contributed by atoms with Gasteiger partial charge in [0, 0.05) is 41.0 Å². The Bertz CT molecular complexity index is 771. The van der Waals surface area contributed by atoms with E-state index in [0.717, 1.165) is 37.5 Å². The van der Waals surface area contributed by atoms with Crippen LogP contribution in [0.25, 0.3) is 0 Å². The summed E-state index contributed by atoms with van der Waals surface area (Å²) in [5.74, 6) is 1.54. The van der Waals surface area contributed by atoms with Crippen LogP contribution >= 0.6 is 11.3 Å². The topological polar surface area (TPSA) is 32.8 Å². The average molecular weight is 371 g/mol. The van der Waals surface area contributed by atoms with Gasteiger partial charge >= 0.3 is 0 Å². The lowest BCUT2D eigenvalue weighted by atomic mass is 9.92. The number of nitrogens with zero attached hydrogens (tertiary/aromatic N) is 2. The summed E-state index contributed by atoms with van der Waals surface area (Å²) in [6.07, 6.45) is 2.47. The summed E-state index contributed by atoms with van der Waals surface area (Å²) in [6, 6.07) is 12.4. The Morgan fingerprint density at radius 2 is 2.00 bits per heavy atom. The van der Waals surface area contributed by atoms with Gasteiger partial charge in [0.05, 0.1) is 7.11 Å². The molecule has 0 saturated carbocycles. The van der Waals surface area contributed by atoms with Crippen LogP contribution in [0.2, 0.25) is 0 Å². The first-order chi connectivity index (χ1) is 12.6. The smallest absolute Gasteiger partial charge is 0.253 e. The molecule has 2 fully saturated rings. The number of hydrogen-bond acceptors (Lipinski definition) is 4. The number of piperidine rings is 1. The minimum atomic E-state index is 0.147. The quantitative estimate of drug-likeness (QED) is 0.821. The van der Waals surface area contributed by atoms with Gasteiger partial charge in [-0.05, 0) is 68.6 Å². The van der Waals surface area contributed by atoms with Crippen molar-refractivity contribution in [2.45, 2.75) is 32.4 Å². The predicted molar refractivity (Wildman–Crippen MR) is 105 cm³/mol. The largest absolute Gasteiger partial charge is 0.497 e. The lowest BCUT2D eigenvalue weighted by Crippen LogP contribution is -2.44. The molecule has 2 aliphatic heterocycles. The first-order valence-electron chi connectivity index (χ1n) is 9.37. The van der Waals surface area contributed by atoms with E-state index in [2.05, 4.69) is 28.9 Å². The van der Waals surface area contributed by atoms with Crippen molar-refractivity contribution >= 4 is 17.2 Å². The standard InChI is InChI=1S/C21H26N2O2S/c1-15-5-10-19(26-15)13-22-11-3-4-17-12-23(14-20(17)22)21(24)16-6-8-18(25-2)9-7-16/h5-10,17,20H,3-4,11-14H2,1-2H3/t17-,20+/m1/s1. The van der Waals surface area contributed by atoms with E-state index in [1.165, 1.54) is 22.6 Å². The number of amides is 1. The van der Waals surface area contributed by atoms with Crippen LogP contribution in [0, 0.1) is 12.8 Å². The first kappa shape index (κ1) is 17.6. The molecular formula is C21H26N2O2S. The zero-order chi connectivity index (χ0) is 18.1. The number of fused-ring (bicyclic) bond motifs is 1. The lowest BCUT2D eigenvalue weighted by molar-refractivity contribution is 0.0774. The second kappa shape index (κ2) is 7.41. The molecule has 5 heteroatoms. The summed E-state index contributed by atoms with van der Waals surface area (Å²) in [7, 11) is 1.64. The van der Waals surface area contributed by atoms with Crippen molar-refractivity contribution in [1.29, 1.82) is 0 Å². The van der Waals surface area contributed by atoms with Crippen LogP contribution in [-0.4, -0.2) is 48.5 Å². The maximum Gasteiger partial charge on any atom is 0.253 e. The van der Waals surface area contributed by atoms with Gasteiger partial charge < -0.3 is 9.64 Å². The Kier molecular flexibility index (Phi) is 5.00. The monoisotopic (exact) mass is 370 g/mol. The Labute approximate surface area is 159 Å². The molecule has 0 N–H and O–H groups in total. The van der Waals surface area contributed by atoms with Gasteiger partial charge in [-0.2, -0.15) is 0 Å². The van der Waals surface area contributed by atoms with Crippen LogP contribution in [0.3, 0.4) is 0 Å². The maximum absolute atomic E-state index is 12.9. The summed E-state index contributed by atoms with van der Waals surface area (Å²) in [4.78, 5) is 20.4. The minimum absolute atomic E-state index is 0.147. The van der Waals surface area contributed by atoms with Gasteiger partial charge in [-0.15, -0.1) is 11.3 Å². The van der Waals surface area contributed by atoms with Crippen molar-refractivity contribution in [1.82, 2.24) is 9.80 Å². The molecule has 2 saturated heterocycles. The number of rotatable bonds is 4. The highest BCUT2D eigenvalue weighted by atomic mass is 32.1. The fraction of sp³-hybridized carbons (Fsp3) is 0.476. The van der Waals surface area contributed by atoms with Gasteiger partial charge in [-0.3, -0.25) is 9.69 Å². The summed E-state index contributed by atoms with van der Waals surface area (Å²) >= 11 is 1.89. The normalized spacial score (nSPS) is 23.1. The molecule has 4 rings (SSSR count). The van der Waals surface area contributed by atoms with Gasteiger partial charge in [0.15, 0.2) is 0 Å². The third-order valence-electron chi connectivity index (χ3n) is 5.67. The van der Waals surface area contributed by atoms with Crippen LogP contribution in [-0.2, 0) is 6.54 Å². The van der Waals surface area contributed by atoms with Gasteiger partial charge in [0.25, 0.3) is 5.91 Å². The third kappa shape index (κ3) is 3.51. The Hall–Kier alpha value is -1.85. The van der Waals surface area contributed by atoms with Crippen LogP contribution in [0.5, 0.6) is 5.75 Å². The van der Waals surface area contributed by atoms with Crippen molar-refractivity contribution in [3.05, 3.63) is 51.7 Å². The SMILES string of the molecule is COc1ccc(C(=O)N2C[C@H]3CCCN(Cc4ccc(C)s4)[C@H]3C2)cc1. The molecule has 0 radical (unpaired) electrons. The van der Waals surface area contributed by atoms with E-state index in [-0.39, 0.29) is 5.91 Å². The molecule has 2 atom stereocenters. The minimum Gasteiger partial charge on any atom is -0.497 e. The Balaban J connectivity index is 1.45. The van der Waals surface area contributed by atoms with Crippen molar-refractivity contribution in [2.24, 2.45) is 5.92 Å². The Morgan fingerprint density at radius 1 is 1.19 bits per heavy atom. The highest BCUT2D eigenvalue weighted by Gasteiger charge is 2.40. The molecule has 0 unspecified atom stereocenters. The van der Waals surface area contributed by atoms with Crippen molar-refractivity contribution in [3.63, 3.8) is 0 Å². The highest BCUT2D eigenvalue weighted by molar-refractivity contribution is 7.11. The zero-order valence-electron chi connectivity index (χ0n) is 15.5. The van der Waals surface area contributed by atoms with E-state index in [9.17, 15) is 4.79 Å². The number of aryl methyl sites for hydroxylation is 1. The molecule has 2 aromatic rings. The number of methoxy groups -OCH3 is 1. The molecule has 26 heavy (non-hydrogen) atoms. The van der Waals surface area contributed by atoms with Gasteiger partial charge in [0.2, 0.25) is 0 Å². The van der Waals surface area contributed by atoms with Crippen LogP contribution < -0.4 is 4.74 Å². The summed E-state index contributed by atoms with van der Waals surface area (Å²) in [5.41, 5.74) is 0.755. The molecule has 0 bridgehead atoms. The van der Waals surface area contributed by atoms with Gasteiger partial charge in [0.1, 0.15) is 5.75 Å². The maximum atomic E-state index is 12.9. The molecule has 1 aromatic carbocycles. The number of ether oxygens (including phenoxy) is 1. The average Bonchev–Trinajstić information content (AvgIpc) is 3.28. The van der Waals surface area contributed by atoms with Crippen molar-refractivity contribution < 1.29 is 9.53 Å². The molecule has 3 heterocycles. The second-order valence-corrected chi connectivity index (χ2v) is 8.76. The third-order valence-corrected chi connectivity index (χ3v) is 6.66. The molecular weight excluding hydrogens is 344 g/mol. The molecule has 4 nitrogen and oxygen atoms in total. The van der Waals surface area contributed by atoms with Crippen molar-refractivity contribution in [2.75, 3.05) is 26.7 Å². The van der Waals surface area contributed by atoms with E-state index >= 15 is 0 Å². The number of carbonyl (C=O) groups excluding carboxylic acids is 1. The van der Waals surface area contributed by atoms with Gasteiger partial charge in [-0.1, -0.05) is 0 Å². The summed E-state index contributed by atoms with van der Waals surface area (Å²) < 4.78 is 5.19. The molecule has 2 aliphatic rings. The van der Waals surface area contributed by atoms with Crippen LogP contribution in [0.1, 0.15) is 33.0 Å². The molecule has 0 spiro atoms. The number of benzene rings is 1. The zero-order valence-corrected chi connectivity index (χ0v) is 16.3. The molecule has 0 aliphatic carbocycles. The lowest BCUT2D eigenvalue weighted by Gasteiger charge is -2.36. The van der Waals surface area contributed by atoms with E-state index in [4.69, 9.17) is 4.74 Å². The summed E-state index contributed by atoms with van der Waals surface area (Å²) in [6.45, 7) is 6.06. The fourth-order valence-corrected chi connectivity index (χ4v) is 5.24. The number of likely N-dealkylation sites (tertiary alicyclic amines) is 2. The van der Waals surface area contributed by atoms with E-state index in [0.29, 0.717) is 12.0 Å². The van der Waals surface area contributed by atoms with Crippen LogP contribution in [0.15, 0.2) is 36.4 Å². The molecule has 1 amide bonds. The molecule has 1 aromatic heterocycles. The van der Waals surface area contributed by atoms with E-state index < -0.39 is 0 Å². The number of hydrogen-bond donors (Lipinski definition) is 0.